The third-order valence-electron chi connectivity index (χ3n) is 5.59. The van der Waals surface area contributed by atoms with Gasteiger partial charge in [-0.05, 0) is 43.2 Å². The van der Waals surface area contributed by atoms with Gasteiger partial charge in [0.1, 0.15) is 5.75 Å². The number of nitrogens with zero attached hydrogens (tertiary/aromatic N) is 4. The van der Waals surface area contributed by atoms with Crippen LogP contribution < -0.4 is 14.4 Å². The highest BCUT2D eigenvalue weighted by Gasteiger charge is 2.30. The number of ether oxygens (including phenoxy) is 1. The van der Waals surface area contributed by atoms with Crippen LogP contribution in [0.5, 0.6) is 5.75 Å². The minimum atomic E-state index is -3.84. The van der Waals surface area contributed by atoms with Crippen LogP contribution >= 0.6 is 0 Å². The number of pyridine rings is 1. The maximum Gasteiger partial charge on any atom is 0.265 e. The van der Waals surface area contributed by atoms with Crippen molar-refractivity contribution >= 4 is 21.6 Å². The summed E-state index contributed by atoms with van der Waals surface area (Å²) in [5, 5.41) is 4.00. The van der Waals surface area contributed by atoms with E-state index in [1.54, 1.807) is 30.5 Å². The van der Waals surface area contributed by atoms with Crippen molar-refractivity contribution < 1.29 is 22.5 Å². The predicted octanol–water partition coefficient (Wildman–Crippen LogP) is 2.14. The lowest BCUT2D eigenvalue weighted by atomic mass is 9.85. The first-order valence-electron chi connectivity index (χ1n) is 10.3. The molecule has 0 atom stereocenters. The Morgan fingerprint density at radius 1 is 1.19 bits per heavy atom. The molecule has 1 aliphatic heterocycles. The van der Waals surface area contributed by atoms with E-state index in [4.69, 9.17) is 9.26 Å². The molecule has 3 aromatic rings. The monoisotopic (exact) mass is 455 g/mol. The Morgan fingerprint density at radius 2 is 2.06 bits per heavy atom. The van der Waals surface area contributed by atoms with Gasteiger partial charge in [0.2, 0.25) is 15.9 Å². The van der Waals surface area contributed by atoms with E-state index in [9.17, 15) is 13.2 Å². The van der Waals surface area contributed by atoms with Gasteiger partial charge in [-0.2, -0.15) is 4.98 Å². The van der Waals surface area contributed by atoms with Gasteiger partial charge in [-0.15, -0.1) is 0 Å². The van der Waals surface area contributed by atoms with Crippen molar-refractivity contribution in [2.24, 2.45) is 0 Å². The van der Waals surface area contributed by atoms with Gasteiger partial charge in [-0.1, -0.05) is 17.6 Å². The van der Waals surface area contributed by atoms with Crippen LogP contribution in [0.3, 0.4) is 0 Å². The Kier molecular flexibility index (Phi) is 5.35. The third kappa shape index (κ3) is 4.08. The quantitative estimate of drug-likeness (QED) is 0.574. The number of rotatable bonds is 7. The molecule has 0 saturated heterocycles. The van der Waals surface area contributed by atoms with E-state index in [1.165, 1.54) is 17.0 Å². The fourth-order valence-corrected chi connectivity index (χ4v) is 4.59. The average molecular weight is 455 g/mol. The highest BCUT2D eigenvalue weighted by molar-refractivity contribution is 7.89. The van der Waals surface area contributed by atoms with Gasteiger partial charge in [0.15, 0.2) is 12.4 Å². The lowest BCUT2D eigenvalue weighted by Gasteiger charge is -2.28. The molecule has 0 bridgehead atoms. The smallest absolute Gasteiger partial charge is 0.265 e. The zero-order valence-corrected chi connectivity index (χ0v) is 17.9. The van der Waals surface area contributed by atoms with Crippen molar-refractivity contribution in [3.05, 3.63) is 60.0 Å². The highest BCUT2D eigenvalue weighted by Crippen LogP contribution is 2.37. The van der Waals surface area contributed by atoms with Gasteiger partial charge in [0, 0.05) is 12.1 Å². The largest absolute Gasteiger partial charge is 0.482 e. The number of anilines is 1. The molecule has 2 aromatic heterocycles. The minimum Gasteiger partial charge on any atom is -0.482 e. The normalized spacial score (nSPS) is 16.4. The standard InChI is InChI=1S/C21H21N5O5S/c27-20-13-30-18-8-7-16(32(28,29)23-11-15-6-1-2-9-22-15)10-17(18)26(20)12-19-24-21(31-25-19)14-4-3-5-14/h1-2,6-10,14,23H,3-5,11-13H2. The van der Waals surface area contributed by atoms with Crippen LogP contribution in [0.4, 0.5) is 5.69 Å². The second-order valence-corrected chi connectivity index (χ2v) is 9.49. The van der Waals surface area contributed by atoms with E-state index >= 15 is 0 Å². The van der Waals surface area contributed by atoms with E-state index < -0.39 is 10.0 Å². The molecule has 0 spiro atoms. The first-order chi connectivity index (χ1) is 15.5. The van der Waals surface area contributed by atoms with Gasteiger partial charge in [-0.3, -0.25) is 14.7 Å². The first-order valence-corrected chi connectivity index (χ1v) is 11.8. The number of aromatic nitrogens is 3. The van der Waals surface area contributed by atoms with Gasteiger partial charge in [0.05, 0.1) is 29.4 Å². The summed E-state index contributed by atoms with van der Waals surface area (Å²) in [5.74, 6) is 1.34. The molecule has 1 saturated carbocycles. The van der Waals surface area contributed by atoms with Gasteiger partial charge >= 0.3 is 0 Å². The molecule has 11 heteroatoms. The van der Waals surface area contributed by atoms with Crippen molar-refractivity contribution in [1.29, 1.82) is 0 Å². The van der Waals surface area contributed by atoms with E-state index in [-0.39, 0.29) is 36.4 Å². The Balaban J connectivity index is 1.38. The summed E-state index contributed by atoms with van der Waals surface area (Å²) in [5.41, 5.74) is 0.936. The molecule has 1 aromatic carbocycles. The summed E-state index contributed by atoms with van der Waals surface area (Å²) in [4.78, 5) is 22.6. The number of carbonyl (C=O) groups excluding carboxylic acids is 1. The summed E-state index contributed by atoms with van der Waals surface area (Å²) >= 11 is 0. The second-order valence-electron chi connectivity index (χ2n) is 7.72. The maximum absolute atomic E-state index is 12.8. The van der Waals surface area contributed by atoms with Crippen molar-refractivity contribution in [2.45, 2.75) is 43.2 Å². The molecule has 0 radical (unpaired) electrons. The molecule has 1 aliphatic carbocycles. The lowest BCUT2D eigenvalue weighted by Crippen LogP contribution is -2.38. The van der Waals surface area contributed by atoms with Crippen LogP contribution in [-0.4, -0.2) is 36.1 Å². The molecule has 1 N–H and O–H groups in total. The Bertz CT molecular complexity index is 1240. The summed E-state index contributed by atoms with van der Waals surface area (Å²) < 4.78 is 39.0. The molecule has 32 heavy (non-hydrogen) atoms. The number of carbonyl (C=O) groups is 1. The Labute approximate surface area is 184 Å². The number of sulfonamides is 1. The number of benzene rings is 1. The van der Waals surface area contributed by atoms with E-state index in [0.717, 1.165) is 19.3 Å². The SMILES string of the molecule is O=C1COc2ccc(S(=O)(=O)NCc3ccccn3)cc2N1Cc1noc(C2CCC2)n1. The molecular formula is C21H21N5O5S. The minimum absolute atomic E-state index is 0.0127. The molecule has 3 heterocycles. The molecular weight excluding hydrogens is 434 g/mol. The molecule has 1 fully saturated rings. The van der Waals surface area contributed by atoms with Crippen molar-refractivity contribution in [3.8, 4) is 5.75 Å². The van der Waals surface area contributed by atoms with E-state index in [0.29, 0.717) is 28.8 Å². The predicted molar refractivity (Wildman–Crippen MR) is 112 cm³/mol. The van der Waals surface area contributed by atoms with E-state index in [2.05, 4.69) is 19.8 Å². The number of hydrogen-bond acceptors (Lipinski definition) is 8. The van der Waals surface area contributed by atoms with Gasteiger partial charge in [0.25, 0.3) is 5.91 Å². The van der Waals surface area contributed by atoms with Crippen LogP contribution in [0.2, 0.25) is 0 Å². The number of nitrogens with one attached hydrogen (secondary N) is 1. The highest BCUT2D eigenvalue weighted by atomic mass is 32.2. The molecule has 10 nitrogen and oxygen atoms in total. The number of hydrogen-bond donors (Lipinski definition) is 1. The fraction of sp³-hybridized carbons (Fsp3) is 0.333. The molecule has 5 rings (SSSR count). The van der Waals surface area contributed by atoms with Gasteiger partial charge in [-0.25, -0.2) is 13.1 Å². The molecule has 1 amide bonds. The summed E-state index contributed by atoms with van der Waals surface area (Å²) in [6, 6.07) is 9.67. The molecule has 0 unspecified atom stereocenters. The summed E-state index contributed by atoms with van der Waals surface area (Å²) in [6.45, 7) is -0.0349. The Morgan fingerprint density at radius 3 is 2.81 bits per heavy atom. The van der Waals surface area contributed by atoms with Crippen LogP contribution in [0, 0.1) is 0 Å². The van der Waals surface area contributed by atoms with Crippen molar-refractivity contribution in [2.75, 3.05) is 11.5 Å². The lowest BCUT2D eigenvalue weighted by molar-refractivity contribution is -0.121. The zero-order valence-electron chi connectivity index (χ0n) is 17.1. The third-order valence-corrected chi connectivity index (χ3v) is 6.99. The fourth-order valence-electron chi connectivity index (χ4n) is 3.57. The number of amides is 1. The summed E-state index contributed by atoms with van der Waals surface area (Å²) in [6.07, 6.45) is 4.78. The summed E-state index contributed by atoms with van der Waals surface area (Å²) in [7, 11) is -3.84. The molecule has 166 valence electrons. The second kappa shape index (κ2) is 8.32. The first kappa shape index (κ1) is 20.6. The van der Waals surface area contributed by atoms with Crippen LogP contribution in [0.25, 0.3) is 0 Å². The van der Waals surface area contributed by atoms with Crippen LogP contribution in [-0.2, 0) is 27.9 Å². The zero-order chi connectivity index (χ0) is 22.1. The maximum atomic E-state index is 12.8. The van der Waals surface area contributed by atoms with Gasteiger partial charge < -0.3 is 9.26 Å². The Hall–Kier alpha value is -3.31. The van der Waals surface area contributed by atoms with E-state index in [1.807, 2.05) is 0 Å². The van der Waals surface area contributed by atoms with Crippen LogP contribution in [0.1, 0.15) is 42.6 Å². The average Bonchev–Trinajstić information content (AvgIpc) is 3.21. The molecule has 2 aliphatic rings. The topological polar surface area (TPSA) is 128 Å². The van der Waals surface area contributed by atoms with Crippen molar-refractivity contribution in [1.82, 2.24) is 19.8 Å². The van der Waals surface area contributed by atoms with Crippen LogP contribution in [0.15, 0.2) is 52.0 Å². The van der Waals surface area contributed by atoms with Crippen molar-refractivity contribution in [3.63, 3.8) is 0 Å². The number of fused-ring (bicyclic) bond motifs is 1.